The van der Waals surface area contributed by atoms with Gasteiger partial charge in [-0.1, -0.05) is 0 Å². The molecule has 0 saturated heterocycles. The molecule has 0 radical (unpaired) electrons. The lowest BCUT2D eigenvalue weighted by atomic mass is 10.1. The van der Waals surface area contributed by atoms with E-state index in [9.17, 15) is 4.79 Å². The van der Waals surface area contributed by atoms with Crippen LogP contribution in [0.1, 0.15) is 65.0 Å². The maximum absolute atomic E-state index is 12.8. The number of hydrogen-bond donors (Lipinski definition) is 1. The van der Waals surface area contributed by atoms with Crippen molar-refractivity contribution in [3.8, 4) is 11.5 Å². The third-order valence-electron chi connectivity index (χ3n) is 4.40. The van der Waals surface area contributed by atoms with Crippen LogP contribution >= 0.6 is 0 Å². The molecule has 1 saturated carbocycles. The molecule has 6 heteroatoms. The number of carbonyl (C=O) groups is 1. The second kappa shape index (κ2) is 9.31. The number of ether oxygens (including phenoxy) is 3. The highest BCUT2D eigenvalue weighted by atomic mass is 16.6. The fraction of sp³-hybridized carbons (Fsp3) is 0.667. The number of amides is 1. The number of methoxy groups -OCH3 is 1. The number of aliphatic hydroxyl groups excluding tert-OH is 1. The molecule has 0 aliphatic heterocycles. The van der Waals surface area contributed by atoms with E-state index < -0.39 is 5.60 Å². The first-order chi connectivity index (χ1) is 12.7. The average molecular weight is 379 g/mol. The number of unbranched alkanes of at least 4 members (excludes halogenated alkanes) is 1. The smallest absolute Gasteiger partial charge is 0.411 e. The summed E-state index contributed by atoms with van der Waals surface area (Å²) < 4.78 is 16.9. The third kappa shape index (κ3) is 6.61. The highest BCUT2D eigenvalue weighted by molar-refractivity contribution is 5.70. The Balaban J connectivity index is 2.18. The Labute approximate surface area is 162 Å². The molecule has 1 aromatic rings. The number of carbonyl (C=O) groups excluding carboxylic acids is 1. The number of hydrogen-bond acceptors (Lipinski definition) is 5. The third-order valence-corrected chi connectivity index (χ3v) is 4.40. The summed E-state index contributed by atoms with van der Waals surface area (Å²) in [5.41, 5.74) is 0.420. The summed E-state index contributed by atoms with van der Waals surface area (Å²) in [5, 5.41) is 8.89. The van der Waals surface area contributed by atoms with E-state index in [1.165, 1.54) is 0 Å². The van der Waals surface area contributed by atoms with Crippen LogP contribution in [-0.2, 0) is 4.74 Å². The van der Waals surface area contributed by atoms with E-state index in [2.05, 4.69) is 0 Å². The molecule has 1 amide bonds. The van der Waals surface area contributed by atoms with Crippen molar-refractivity contribution in [3.05, 3.63) is 23.8 Å². The summed E-state index contributed by atoms with van der Waals surface area (Å²) in [6.45, 7) is 8.34. The van der Waals surface area contributed by atoms with Gasteiger partial charge in [0.2, 0.25) is 0 Å². The predicted molar refractivity (Wildman–Crippen MR) is 104 cm³/mol. The van der Waals surface area contributed by atoms with Crippen LogP contribution in [0.5, 0.6) is 11.5 Å². The van der Waals surface area contributed by atoms with E-state index in [1.54, 1.807) is 7.11 Å². The second-order valence-corrected chi connectivity index (χ2v) is 8.02. The van der Waals surface area contributed by atoms with Crippen molar-refractivity contribution in [1.82, 2.24) is 4.90 Å². The van der Waals surface area contributed by atoms with Gasteiger partial charge in [-0.05, 0) is 71.1 Å². The Bertz CT molecular complexity index is 621. The van der Waals surface area contributed by atoms with Gasteiger partial charge in [0, 0.05) is 18.7 Å². The second-order valence-electron chi connectivity index (χ2n) is 8.02. The van der Waals surface area contributed by atoms with Crippen LogP contribution in [0.15, 0.2) is 18.2 Å². The van der Waals surface area contributed by atoms with Crippen LogP contribution in [0.3, 0.4) is 0 Å². The Kier molecular flexibility index (Phi) is 7.36. The molecule has 1 aliphatic rings. The van der Waals surface area contributed by atoms with Crippen molar-refractivity contribution >= 4 is 6.09 Å². The zero-order valence-electron chi connectivity index (χ0n) is 17.2. The van der Waals surface area contributed by atoms with Gasteiger partial charge in [-0.3, -0.25) is 4.90 Å². The molecule has 1 atom stereocenters. The zero-order chi connectivity index (χ0) is 20.0. The highest BCUT2D eigenvalue weighted by Gasteiger charge is 2.38. The first kappa shape index (κ1) is 21.4. The summed E-state index contributed by atoms with van der Waals surface area (Å²) in [6, 6.07) is 5.79. The lowest BCUT2D eigenvalue weighted by Crippen LogP contribution is -2.39. The molecule has 0 aromatic heterocycles. The minimum absolute atomic E-state index is 0.151. The van der Waals surface area contributed by atoms with Gasteiger partial charge in [0.05, 0.1) is 19.8 Å². The Morgan fingerprint density at radius 2 is 1.89 bits per heavy atom. The fourth-order valence-corrected chi connectivity index (χ4v) is 2.89. The Hall–Kier alpha value is -1.95. The van der Waals surface area contributed by atoms with E-state index >= 15 is 0 Å². The monoisotopic (exact) mass is 379 g/mol. The van der Waals surface area contributed by atoms with Gasteiger partial charge >= 0.3 is 6.09 Å². The molecular weight excluding hydrogens is 346 g/mol. The number of aliphatic hydroxyl groups is 1. The van der Waals surface area contributed by atoms with Crippen LogP contribution in [0.4, 0.5) is 4.79 Å². The van der Waals surface area contributed by atoms with E-state index in [1.807, 2.05) is 50.8 Å². The van der Waals surface area contributed by atoms with Crippen LogP contribution in [0.25, 0.3) is 0 Å². The SMILES string of the molecule is COc1cc(OCCCCO)cc(C(C)N(C(=O)OC(C)(C)C)C2CC2)c1. The number of nitrogens with zero attached hydrogens (tertiary/aromatic N) is 1. The average Bonchev–Trinajstić information content (AvgIpc) is 3.41. The molecular formula is C21H33NO5. The molecule has 0 spiro atoms. The maximum Gasteiger partial charge on any atom is 0.411 e. The molecule has 152 valence electrons. The number of benzene rings is 1. The highest BCUT2D eigenvalue weighted by Crippen LogP contribution is 2.37. The fourth-order valence-electron chi connectivity index (χ4n) is 2.89. The van der Waals surface area contributed by atoms with Gasteiger partial charge in [-0.25, -0.2) is 4.79 Å². The summed E-state index contributed by atoms with van der Waals surface area (Å²) in [4.78, 5) is 14.6. The van der Waals surface area contributed by atoms with Crippen molar-refractivity contribution < 1.29 is 24.1 Å². The lowest BCUT2D eigenvalue weighted by Gasteiger charge is -2.32. The van der Waals surface area contributed by atoms with Gasteiger partial charge in [0.25, 0.3) is 0 Å². The van der Waals surface area contributed by atoms with Gasteiger partial charge in [0.15, 0.2) is 0 Å². The van der Waals surface area contributed by atoms with Crippen molar-refractivity contribution in [3.63, 3.8) is 0 Å². The van der Waals surface area contributed by atoms with E-state index in [0.29, 0.717) is 24.5 Å². The Morgan fingerprint density at radius 3 is 2.44 bits per heavy atom. The Morgan fingerprint density at radius 1 is 1.22 bits per heavy atom. The van der Waals surface area contributed by atoms with Gasteiger partial charge < -0.3 is 19.3 Å². The van der Waals surface area contributed by atoms with Crippen molar-refractivity contribution in [2.75, 3.05) is 20.3 Å². The van der Waals surface area contributed by atoms with Crippen LogP contribution in [0, 0.1) is 0 Å². The molecule has 0 bridgehead atoms. The van der Waals surface area contributed by atoms with Crippen molar-refractivity contribution in [1.29, 1.82) is 0 Å². The van der Waals surface area contributed by atoms with E-state index in [-0.39, 0.29) is 24.8 Å². The molecule has 6 nitrogen and oxygen atoms in total. The first-order valence-corrected chi connectivity index (χ1v) is 9.69. The number of rotatable bonds is 9. The standard InChI is InChI=1S/C21H33NO5/c1-15(22(17-8-9-17)20(24)27-21(2,3)4)16-12-18(25-5)14-19(13-16)26-11-7-6-10-23/h12-15,17,23H,6-11H2,1-5H3. The van der Waals surface area contributed by atoms with Gasteiger partial charge in [-0.15, -0.1) is 0 Å². The first-order valence-electron chi connectivity index (χ1n) is 9.69. The molecule has 1 N–H and O–H groups in total. The van der Waals surface area contributed by atoms with Crippen LogP contribution in [0.2, 0.25) is 0 Å². The zero-order valence-corrected chi connectivity index (χ0v) is 17.2. The summed E-state index contributed by atoms with van der Waals surface area (Å²) in [7, 11) is 1.62. The van der Waals surface area contributed by atoms with Crippen molar-refractivity contribution in [2.24, 2.45) is 0 Å². The lowest BCUT2D eigenvalue weighted by molar-refractivity contribution is 0.0153. The summed E-state index contributed by atoms with van der Waals surface area (Å²) >= 11 is 0. The quantitative estimate of drug-likeness (QED) is 0.648. The molecule has 27 heavy (non-hydrogen) atoms. The van der Waals surface area contributed by atoms with Gasteiger partial charge in [0.1, 0.15) is 17.1 Å². The van der Waals surface area contributed by atoms with Gasteiger partial charge in [-0.2, -0.15) is 0 Å². The van der Waals surface area contributed by atoms with Crippen LogP contribution < -0.4 is 9.47 Å². The minimum Gasteiger partial charge on any atom is -0.497 e. The molecule has 1 aromatic carbocycles. The normalized spacial score (nSPS) is 15.2. The predicted octanol–water partition coefficient (Wildman–Crippen LogP) is 4.31. The van der Waals surface area contributed by atoms with Crippen molar-refractivity contribution in [2.45, 2.75) is 71.1 Å². The van der Waals surface area contributed by atoms with E-state index in [4.69, 9.17) is 19.3 Å². The molecule has 0 heterocycles. The minimum atomic E-state index is -0.528. The largest absolute Gasteiger partial charge is 0.497 e. The summed E-state index contributed by atoms with van der Waals surface area (Å²) in [5.74, 6) is 1.39. The van der Waals surface area contributed by atoms with E-state index in [0.717, 1.165) is 24.8 Å². The molecule has 1 aliphatic carbocycles. The molecule has 1 fully saturated rings. The van der Waals surface area contributed by atoms with Crippen LogP contribution in [-0.4, -0.2) is 48.1 Å². The summed E-state index contributed by atoms with van der Waals surface area (Å²) in [6.07, 6.45) is 3.20. The molecule has 2 rings (SSSR count). The molecule has 1 unspecified atom stereocenters. The topological polar surface area (TPSA) is 68.2 Å². The maximum atomic E-state index is 12.8.